The highest BCUT2D eigenvalue weighted by molar-refractivity contribution is 6.39. The molecular formula is C16H13Cl2N3O2. The van der Waals surface area contributed by atoms with E-state index in [1.165, 1.54) is 4.68 Å². The van der Waals surface area contributed by atoms with Gasteiger partial charge in [0.15, 0.2) is 0 Å². The van der Waals surface area contributed by atoms with E-state index < -0.39 is 0 Å². The quantitative estimate of drug-likeness (QED) is 0.685. The van der Waals surface area contributed by atoms with Gasteiger partial charge in [0.1, 0.15) is 17.0 Å². The molecule has 0 radical (unpaired) electrons. The Morgan fingerprint density at radius 3 is 2.39 bits per heavy atom. The molecule has 0 amide bonds. The van der Waals surface area contributed by atoms with Crippen molar-refractivity contribution in [1.82, 2.24) is 14.9 Å². The van der Waals surface area contributed by atoms with Crippen LogP contribution >= 0.6 is 23.2 Å². The zero-order valence-corrected chi connectivity index (χ0v) is 14.2. The fourth-order valence-electron chi connectivity index (χ4n) is 2.46. The molecule has 0 saturated heterocycles. The first-order chi connectivity index (χ1) is 10.9. The van der Waals surface area contributed by atoms with Gasteiger partial charge in [0, 0.05) is 11.3 Å². The predicted octanol–water partition coefficient (Wildman–Crippen LogP) is 4.46. The highest BCUT2D eigenvalue weighted by atomic mass is 35.5. The van der Waals surface area contributed by atoms with Crippen molar-refractivity contribution in [3.8, 4) is 11.3 Å². The molecule has 0 aliphatic carbocycles. The number of nitrogens with zero attached hydrogens (tertiary/aromatic N) is 3. The number of halogens is 2. The number of rotatable bonds is 2. The topological polar surface area (TPSA) is 60.9 Å². The fourth-order valence-corrected chi connectivity index (χ4v) is 3.04. The molecule has 23 heavy (non-hydrogen) atoms. The summed E-state index contributed by atoms with van der Waals surface area (Å²) in [5.74, 6) is 0.0499. The average Bonchev–Trinajstić information content (AvgIpc) is 3.01. The third-order valence-electron chi connectivity index (χ3n) is 3.48. The second kappa shape index (κ2) is 5.83. The normalized spacial score (nSPS) is 11.0. The highest BCUT2D eigenvalue weighted by Crippen LogP contribution is 2.37. The number of carbonyl (C=O) groups is 1. The molecule has 0 unspecified atom stereocenters. The van der Waals surface area contributed by atoms with Crippen LogP contribution in [0.5, 0.6) is 0 Å². The lowest BCUT2D eigenvalue weighted by Gasteiger charge is -2.07. The highest BCUT2D eigenvalue weighted by Gasteiger charge is 2.27. The molecule has 0 saturated carbocycles. The Balaban J connectivity index is 2.21. The molecule has 2 heterocycles. The van der Waals surface area contributed by atoms with E-state index in [1.54, 1.807) is 25.1 Å². The Morgan fingerprint density at radius 1 is 1.17 bits per heavy atom. The largest absolute Gasteiger partial charge is 0.360 e. The van der Waals surface area contributed by atoms with Crippen LogP contribution in [0.2, 0.25) is 10.0 Å². The van der Waals surface area contributed by atoms with Crippen molar-refractivity contribution in [3.63, 3.8) is 0 Å². The molecule has 3 rings (SSSR count). The van der Waals surface area contributed by atoms with Crippen LogP contribution in [-0.2, 0) is 0 Å². The van der Waals surface area contributed by atoms with Gasteiger partial charge in [0.05, 0.1) is 15.7 Å². The summed E-state index contributed by atoms with van der Waals surface area (Å²) in [6.07, 6.45) is 0. The molecule has 0 atom stereocenters. The smallest absolute Gasteiger partial charge is 0.284 e. The second-order valence-electron chi connectivity index (χ2n) is 5.20. The summed E-state index contributed by atoms with van der Waals surface area (Å²) in [5, 5.41) is 9.00. The molecule has 0 spiro atoms. The number of aryl methyl sites for hydroxylation is 3. The Bertz CT molecular complexity index is 892. The van der Waals surface area contributed by atoms with Crippen molar-refractivity contribution >= 4 is 29.1 Å². The summed E-state index contributed by atoms with van der Waals surface area (Å²) >= 11 is 12.5. The van der Waals surface area contributed by atoms with E-state index >= 15 is 0 Å². The summed E-state index contributed by atoms with van der Waals surface area (Å²) in [7, 11) is 0. The Hall–Kier alpha value is -2.11. The number of carbonyl (C=O) groups excluding carboxylic acids is 1. The first-order valence-electron chi connectivity index (χ1n) is 6.88. The van der Waals surface area contributed by atoms with Gasteiger partial charge in [-0.3, -0.25) is 4.79 Å². The monoisotopic (exact) mass is 349 g/mol. The standard InChI is InChI=1S/C16H13Cl2N3O2/c1-8-7-9(2)21(19-8)16(22)13-10(3)23-20-15(13)14-11(17)5-4-6-12(14)18/h4-7H,1-3H3. The first-order valence-corrected chi connectivity index (χ1v) is 7.64. The fraction of sp³-hybridized carbons (Fsp3) is 0.188. The van der Waals surface area contributed by atoms with Crippen molar-refractivity contribution in [2.45, 2.75) is 20.8 Å². The van der Waals surface area contributed by atoms with Crippen LogP contribution in [0.3, 0.4) is 0 Å². The molecule has 0 aliphatic heterocycles. The molecule has 0 aliphatic rings. The Morgan fingerprint density at radius 2 is 1.83 bits per heavy atom. The average molecular weight is 350 g/mol. The summed E-state index contributed by atoms with van der Waals surface area (Å²) < 4.78 is 6.54. The van der Waals surface area contributed by atoms with Crippen molar-refractivity contribution in [2.24, 2.45) is 0 Å². The van der Waals surface area contributed by atoms with Crippen LogP contribution in [0, 0.1) is 20.8 Å². The van der Waals surface area contributed by atoms with Crippen molar-refractivity contribution in [3.05, 3.63) is 57.0 Å². The molecule has 1 aromatic carbocycles. The summed E-state index contributed by atoms with van der Waals surface area (Å²) in [6, 6.07) is 6.92. The summed E-state index contributed by atoms with van der Waals surface area (Å²) in [6.45, 7) is 5.30. The van der Waals surface area contributed by atoms with Gasteiger partial charge in [-0.05, 0) is 39.0 Å². The lowest BCUT2D eigenvalue weighted by atomic mass is 10.1. The van der Waals surface area contributed by atoms with Crippen LogP contribution in [0.4, 0.5) is 0 Å². The van der Waals surface area contributed by atoms with Gasteiger partial charge in [0.2, 0.25) is 0 Å². The number of hydrogen-bond donors (Lipinski definition) is 0. The van der Waals surface area contributed by atoms with Gasteiger partial charge in [-0.25, -0.2) is 4.68 Å². The Kier molecular flexibility index (Phi) is 4.00. The van der Waals surface area contributed by atoms with Crippen molar-refractivity contribution in [2.75, 3.05) is 0 Å². The molecule has 0 bridgehead atoms. The van der Waals surface area contributed by atoms with Gasteiger partial charge in [-0.15, -0.1) is 0 Å². The lowest BCUT2D eigenvalue weighted by molar-refractivity contribution is 0.0941. The van der Waals surface area contributed by atoms with Gasteiger partial charge in [0.25, 0.3) is 5.91 Å². The first kappa shape index (κ1) is 15.8. The number of hydrogen-bond acceptors (Lipinski definition) is 4. The maximum absolute atomic E-state index is 12.9. The number of aromatic nitrogens is 3. The van der Waals surface area contributed by atoms with Crippen LogP contribution in [0.25, 0.3) is 11.3 Å². The van der Waals surface area contributed by atoms with Crippen molar-refractivity contribution in [1.29, 1.82) is 0 Å². The zero-order chi connectivity index (χ0) is 16.7. The van der Waals surface area contributed by atoms with Crippen LogP contribution in [0.15, 0.2) is 28.8 Å². The lowest BCUT2D eigenvalue weighted by Crippen LogP contribution is -2.16. The third kappa shape index (κ3) is 2.66. The van der Waals surface area contributed by atoms with Crippen LogP contribution < -0.4 is 0 Å². The van der Waals surface area contributed by atoms with E-state index in [0.717, 1.165) is 11.4 Å². The van der Waals surface area contributed by atoms with Crippen LogP contribution in [0.1, 0.15) is 27.5 Å². The molecule has 118 valence electrons. The van der Waals surface area contributed by atoms with E-state index in [0.29, 0.717) is 32.6 Å². The van der Waals surface area contributed by atoms with Crippen molar-refractivity contribution < 1.29 is 9.32 Å². The van der Waals surface area contributed by atoms with Crippen LogP contribution in [-0.4, -0.2) is 20.8 Å². The maximum atomic E-state index is 12.9. The minimum absolute atomic E-state index is 0.297. The van der Waals surface area contributed by atoms with Gasteiger partial charge in [-0.1, -0.05) is 34.4 Å². The van der Waals surface area contributed by atoms with E-state index in [9.17, 15) is 4.79 Å². The zero-order valence-electron chi connectivity index (χ0n) is 12.7. The Labute approximate surface area is 142 Å². The second-order valence-corrected chi connectivity index (χ2v) is 6.02. The van der Waals surface area contributed by atoms with E-state index in [-0.39, 0.29) is 5.91 Å². The van der Waals surface area contributed by atoms with E-state index in [2.05, 4.69) is 10.3 Å². The predicted molar refractivity (Wildman–Crippen MR) is 88.1 cm³/mol. The molecule has 7 heteroatoms. The van der Waals surface area contributed by atoms with Gasteiger partial charge < -0.3 is 4.52 Å². The third-order valence-corrected chi connectivity index (χ3v) is 4.11. The minimum atomic E-state index is -0.333. The van der Waals surface area contributed by atoms with Gasteiger partial charge in [-0.2, -0.15) is 5.10 Å². The molecule has 5 nitrogen and oxygen atoms in total. The number of benzene rings is 1. The molecule has 0 fully saturated rings. The maximum Gasteiger partial charge on any atom is 0.284 e. The van der Waals surface area contributed by atoms with Gasteiger partial charge >= 0.3 is 0 Å². The molecule has 0 N–H and O–H groups in total. The summed E-state index contributed by atoms with van der Waals surface area (Å²) in [5.41, 5.74) is 2.56. The minimum Gasteiger partial charge on any atom is -0.360 e. The summed E-state index contributed by atoms with van der Waals surface area (Å²) in [4.78, 5) is 12.9. The molecule has 3 aromatic rings. The van der Waals surface area contributed by atoms with E-state index in [4.69, 9.17) is 27.7 Å². The molecular weight excluding hydrogens is 337 g/mol. The SMILES string of the molecule is Cc1cc(C)n(C(=O)c2c(-c3c(Cl)cccc3Cl)noc2C)n1. The van der Waals surface area contributed by atoms with E-state index in [1.807, 2.05) is 19.9 Å². The molecule has 2 aromatic heterocycles.